The summed E-state index contributed by atoms with van der Waals surface area (Å²) in [6.45, 7) is 1.96. The Balaban J connectivity index is 1.51. The van der Waals surface area contributed by atoms with Gasteiger partial charge in [-0.1, -0.05) is 23.8 Å². The maximum Gasteiger partial charge on any atom is 0.345 e. The molecule has 0 bridgehead atoms. The Bertz CT molecular complexity index is 1430. The Labute approximate surface area is 177 Å². The lowest BCUT2D eigenvalue weighted by Crippen LogP contribution is -2.11. The van der Waals surface area contributed by atoms with Crippen molar-refractivity contribution in [3.8, 4) is 0 Å². The van der Waals surface area contributed by atoms with Gasteiger partial charge in [0.05, 0.1) is 19.9 Å². The number of fused-ring (bicyclic) bond motifs is 3. The van der Waals surface area contributed by atoms with Crippen LogP contribution in [-0.4, -0.2) is 14.2 Å². The molecule has 154 valence electrons. The van der Waals surface area contributed by atoms with Crippen LogP contribution in [0.25, 0.3) is 21.1 Å². The number of rotatable bonds is 6. The van der Waals surface area contributed by atoms with Crippen molar-refractivity contribution in [1.29, 1.82) is 0 Å². The Kier molecular flexibility index (Phi) is 5.31. The summed E-state index contributed by atoms with van der Waals surface area (Å²) in [5.74, 6) is -0.0300. The van der Waals surface area contributed by atoms with Gasteiger partial charge >= 0.3 is 5.63 Å². The first kappa shape index (κ1) is 20.5. The summed E-state index contributed by atoms with van der Waals surface area (Å²) in [6.07, 6.45) is 1.56. The van der Waals surface area contributed by atoms with Gasteiger partial charge in [-0.15, -0.1) is 11.3 Å². The standard InChI is InChI=1S/C22H19NO5S2/c1-13-5-10-19-16(11-13)21-17(22(25)28-19)12-20(29-21)18(24)4-2-3-14-6-8-15(9-7-14)30(23,26)27/h5-12H,2-4H2,1H3,(H2,23,26,27). The van der Waals surface area contributed by atoms with Crippen molar-refractivity contribution in [2.45, 2.75) is 31.1 Å². The minimum absolute atomic E-state index is 0.0300. The molecule has 4 aromatic rings. The van der Waals surface area contributed by atoms with Gasteiger partial charge in [-0.25, -0.2) is 18.4 Å². The van der Waals surface area contributed by atoms with E-state index in [0.29, 0.717) is 35.1 Å². The fraction of sp³-hybridized carbons (Fsp3) is 0.182. The molecule has 0 amide bonds. The number of nitrogens with two attached hydrogens (primary N) is 1. The van der Waals surface area contributed by atoms with Crippen LogP contribution in [0.3, 0.4) is 0 Å². The van der Waals surface area contributed by atoms with Crippen molar-refractivity contribution in [2.24, 2.45) is 5.14 Å². The van der Waals surface area contributed by atoms with Crippen LogP contribution in [0.2, 0.25) is 0 Å². The van der Waals surface area contributed by atoms with Crippen LogP contribution in [0, 0.1) is 6.92 Å². The highest BCUT2D eigenvalue weighted by atomic mass is 32.2. The molecule has 0 saturated carbocycles. The van der Waals surface area contributed by atoms with E-state index in [2.05, 4.69) is 0 Å². The summed E-state index contributed by atoms with van der Waals surface area (Å²) in [7, 11) is -3.71. The zero-order valence-corrected chi connectivity index (χ0v) is 17.8. The maximum atomic E-state index is 12.7. The lowest BCUT2D eigenvalue weighted by Gasteiger charge is -2.03. The second-order valence-electron chi connectivity index (χ2n) is 7.21. The number of Topliss-reactive ketones (excluding diaryl/α,β-unsaturated/α-hetero) is 1. The first-order valence-corrected chi connectivity index (χ1v) is 11.7. The molecule has 0 spiro atoms. The number of aryl methyl sites for hydroxylation is 2. The maximum absolute atomic E-state index is 12.7. The second kappa shape index (κ2) is 7.79. The number of ketones is 1. The third kappa shape index (κ3) is 4.07. The molecule has 4 rings (SSSR count). The fourth-order valence-corrected chi connectivity index (χ4v) is 5.02. The summed E-state index contributed by atoms with van der Waals surface area (Å²) in [6, 6.07) is 13.6. The summed E-state index contributed by atoms with van der Waals surface area (Å²) >= 11 is 1.32. The molecule has 0 atom stereocenters. The van der Waals surface area contributed by atoms with E-state index in [0.717, 1.165) is 21.2 Å². The summed E-state index contributed by atoms with van der Waals surface area (Å²) < 4.78 is 28.8. The number of carbonyl (C=O) groups excluding carboxylic acids is 1. The summed E-state index contributed by atoms with van der Waals surface area (Å²) in [5, 5.41) is 6.36. The molecule has 0 aliphatic carbocycles. The van der Waals surface area contributed by atoms with Crippen molar-refractivity contribution in [2.75, 3.05) is 0 Å². The monoisotopic (exact) mass is 441 g/mol. The van der Waals surface area contributed by atoms with E-state index in [4.69, 9.17) is 9.56 Å². The number of hydrogen-bond acceptors (Lipinski definition) is 6. The van der Waals surface area contributed by atoms with E-state index in [9.17, 15) is 18.0 Å². The first-order chi connectivity index (χ1) is 14.2. The molecule has 0 radical (unpaired) electrons. The molecule has 0 aliphatic heterocycles. The highest BCUT2D eigenvalue weighted by Gasteiger charge is 2.16. The largest absolute Gasteiger partial charge is 0.422 e. The van der Waals surface area contributed by atoms with Gasteiger partial charge in [0, 0.05) is 11.8 Å². The van der Waals surface area contributed by atoms with E-state index in [1.165, 1.54) is 23.5 Å². The Hall–Kier alpha value is -2.81. The van der Waals surface area contributed by atoms with E-state index in [1.54, 1.807) is 24.3 Å². The van der Waals surface area contributed by atoms with Gasteiger partial charge in [-0.3, -0.25) is 4.79 Å². The predicted molar refractivity (Wildman–Crippen MR) is 118 cm³/mol. The normalized spacial score (nSPS) is 11.9. The molecular weight excluding hydrogens is 422 g/mol. The predicted octanol–water partition coefficient (Wildman–Crippen LogP) is 4.17. The van der Waals surface area contributed by atoms with E-state index < -0.39 is 15.6 Å². The number of primary sulfonamides is 1. The van der Waals surface area contributed by atoms with Gasteiger partial charge in [-0.05, 0) is 55.7 Å². The van der Waals surface area contributed by atoms with Crippen molar-refractivity contribution in [3.63, 3.8) is 0 Å². The molecule has 2 N–H and O–H groups in total. The van der Waals surface area contributed by atoms with Crippen molar-refractivity contribution in [3.05, 3.63) is 75.0 Å². The minimum atomic E-state index is -3.71. The van der Waals surface area contributed by atoms with Gasteiger partial charge in [0.2, 0.25) is 10.0 Å². The average molecular weight is 442 g/mol. The SMILES string of the molecule is Cc1ccc2oc(=O)c3cc(C(=O)CCCc4ccc(S(N)(=O)=O)cc4)sc3c2c1. The van der Waals surface area contributed by atoms with Crippen LogP contribution >= 0.6 is 11.3 Å². The Morgan fingerprint density at radius 3 is 2.50 bits per heavy atom. The third-order valence-corrected chi connectivity index (χ3v) is 7.07. The van der Waals surface area contributed by atoms with Crippen LogP contribution in [-0.2, 0) is 16.4 Å². The van der Waals surface area contributed by atoms with Gasteiger partial charge < -0.3 is 4.42 Å². The second-order valence-corrected chi connectivity index (χ2v) is 9.82. The Morgan fingerprint density at radius 1 is 1.07 bits per heavy atom. The van der Waals surface area contributed by atoms with Crippen LogP contribution in [0.15, 0.2) is 62.6 Å². The smallest absolute Gasteiger partial charge is 0.345 e. The molecule has 0 fully saturated rings. The number of carbonyl (C=O) groups is 1. The van der Waals surface area contributed by atoms with E-state index >= 15 is 0 Å². The molecule has 0 unspecified atom stereocenters. The highest BCUT2D eigenvalue weighted by Crippen LogP contribution is 2.32. The van der Waals surface area contributed by atoms with E-state index in [1.807, 2.05) is 19.1 Å². The van der Waals surface area contributed by atoms with Gasteiger partial charge in [0.25, 0.3) is 0 Å². The first-order valence-electron chi connectivity index (χ1n) is 9.34. The fourth-order valence-electron chi connectivity index (χ4n) is 3.37. The number of thiophene rings is 1. The van der Waals surface area contributed by atoms with Crippen molar-refractivity contribution in [1.82, 2.24) is 0 Å². The van der Waals surface area contributed by atoms with Crippen molar-refractivity contribution >= 4 is 48.2 Å². The topological polar surface area (TPSA) is 107 Å². The summed E-state index contributed by atoms with van der Waals surface area (Å²) in [5.41, 5.74) is 2.05. The number of hydrogen-bond donors (Lipinski definition) is 1. The van der Waals surface area contributed by atoms with E-state index in [-0.39, 0.29) is 10.7 Å². The lowest BCUT2D eigenvalue weighted by molar-refractivity contribution is 0.0984. The molecule has 0 aliphatic rings. The Morgan fingerprint density at radius 2 is 1.80 bits per heavy atom. The molecule has 6 nitrogen and oxygen atoms in total. The molecule has 0 saturated heterocycles. The molecule has 30 heavy (non-hydrogen) atoms. The molecule has 2 aromatic heterocycles. The van der Waals surface area contributed by atoms with Crippen molar-refractivity contribution < 1.29 is 17.6 Å². The average Bonchev–Trinajstić information content (AvgIpc) is 3.15. The molecule has 8 heteroatoms. The van der Waals surface area contributed by atoms with Crippen LogP contribution < -0.4 is 10.8 Å². The quantitative estimate of drug-likeness (QED) is 0.357. The highest BCUT2D eigenvalue weighted by molar-refractivity contribution is 7.89. The molecule has 2 heterocycles. The third-order valence-electron chi connectivity index (χ3n) is 4.93. The van der Waals surface area contributed by atoms with Gasteiger partial charge in [-0.2, -0.15) is 0 Å². The van der Waals surface area contributed by atoms with Gasteiger partial charge in [0.15, 0.2) is 5.78 Å². The minimum Gasteiger partial charge on any atom is -0.422 e. The zero-order valence-electron chi connectivity index (χ0n) is 16.2. The molecular formula is C22H19NO5S2. The molecule has 2 aromatic carbocycles. The van der Waals surface area contributed by atoms with Gasteiger partial charge in [0.1, 0.15) is 5.58 Å². The van der Waals surface area contributed by atoms with Crippen LogP contribution in [0.1, 0.15) is 33.6 Å². The zero-order chi connectivity index (χ0) is 21.5. The van der Waals surface area contributed by atoms with Crippen LogP contribution in [0.5, 0.6) is 0 Å². The summed E-state index contributed by atoms with van der Waals surface area (Å²) in [4.78, 5) is 25.6. The number of sulfonamides is 1. The number of benzene rings is 2. The lowest BCUT2D eigenvalue weighted by atomic mass is 10.1. The van der Waals surface area contributed by atoms with Crippen LogP contribution in [0.4, 0.5) is 0 Å².